The smallest absolute Gasteiger partial charge is 0.316 e. The largest absolute Gasteiger partial charge is 0.416 e. The van der Waals surface area contributed by atoms with Crippen LogP contribution < -0.4 is 10.6 Å². The number of nitrogens with one attached hydrogen (secondary N) is 2. The van der Waals surface area contributed by atoms with Crippen molar-refractivity contribution in [2.75, 3.05) is 18.4 Å². The van der Waals surface area contributed by atoms with Crippen LogP contribution in [0.3, 0.4) is 0 Å². The van der Waals surface area contributed by atoms with Gasteiger partial charge in [-0.15, -0.1) is 11.3 Å². The number of amides is 1. The first kappa shape index (κ1) is 16.9. The number of carbonyl (C=O) groups excluding carboxylic acids is 1. The average Bonchev–Trinajstić information content (AvgIpc) is 3.19. The minimum absolute atomic E-state index is 0.0349. The highest BCUT2D eigenvalue weighted by Gasteiger charge is 2.30. The van der Waals surface area contributed by atoms with Gasteiger partial charge in [-0.05, 0) is 30.7 Å². The van der Waals surface area contributed by atoms with Crippen molar-refractivity contribution >= 4 is 22.4 Å². The maximum atomic E-state index is 12.5. The van der Waals surface area contributed by atoms with Crippen molar-refractivity contribution in [3.8, 4) is 0 Å². The van der Waals surface area contributed by atoms with E-state index in [1.165, 1.54) is 23.5 Å². The molecule has 8 heteroatoms. The zero-order valence-corrected chi connectivity index (χ0v) is 13.5. The van der Waals surface area contributed by atoms with E-state index in [0.717, 1.165) is 35.5 Å². The Kier molecular flexibility index (Phi) is 4.86. The van der Waals surface area contributed by atoms with Gasteiger partial charge in [0, 0.05) is 24.0 Å². The quantitative estimate of drug-likeness (QED) is 0.885. The fourth-order valence-corrected chi connectivity index (χ4v) is 3.40. The van der Waals surface area contributed by atoms with Gasteiger partial charge in [0.15, 0.2) is 5.13 Å². The molecule has 3 rings (SSSR count). The van der Waals surface area contributed by atoms with Crippen LogP contribution in [0.25, 0.3) is 0 Å². The molecule has 4 nitrogen and oxygen atoms in total. The standard InChI is InChI=1S/C16H16F3N3OS/c17-16(18,19)12-3-1-10(2-4-12)7-13-9-21-15(24-13)22-14(23)11-5-6-20-8-11/h1-4,9,11,20H,5-8H2,(H,21,22,23)/t11-/m1/s1. The molecule has 2 aromatic rings. The predicted octanol–water partition coefficient (Wildman–Crippen LogP) is 3.30. The van der Waals surface area contributed by atoms with Crippen molar-refractivity contribution in [3.63, 3.8) is 0 Å². The second kappa shape index (κ2) is 6.90. The summed E-state index contributed by atoms with van der Waals surface area (Å²) >= 11 is 1.34. The Labute approximate surface area is 141 Å². The highest BCUT2D eigenvalue weighted by molar-refractivity contribution is 7.15. The van der Waals surface area contributed by atoms with Crippen LogP contribution in [0.2, 0.25) is 0 Å². The summed E-state index contributed by atoms with van der Waals surface area (Å²) in [6.45, 7) is 1.52. The van der Waals surface area contributed by atoms with Gasteiger partial charge in [0.05, 0.1) is 11.5 Å². The van der Waals surface area contributed by atoms with E-state index in [0.29, 0.717) is 18.1 Å². The van der Waals surface area contributed by atoms with Crippen LogP contribution in [0, 0.1) is 5.92 Å². The summed E-state index contributed by atoms with van der Waals surface area (Å²) in [6, 6.07) is 5.08. The van der Waals surface area contributed by atoms with Gasteiger partial charge in [0.2, 0.25) is 5.91 Å². The van der Waals surface area contributed by atoms with Gasteiger partial charge in [0.25, 0.3) is 0 Å². The van der Waals surface area contributed by atoms with Crippen molar-refractivity contribution in [1.29, 1.82) is 0 Å². The highest BCUT2D eigenvalue weighted by atomic mass is 32.1. The molecule has 24 heavy (non-hydrogen) atoms. The molecule has 0 radical (unpaired) electrons. The normalized spacial score (nSPS) is 17.9. The highest BCUT2D eigenvalue weighted by Crippen LogP contribution is 2.30. The number of anilines is 1. The summed E-state index contributed by atoms with van der Waals surface area (Å²) in [6.07, 6.45) is -1.38. The van der Waals surface area contributed by atoms with Gasteiger partial charge < -0.3 is 10.6 Å². The predicted molar refractivity (Wildman–Crippen MR) is 86.0 cm³/mol. The molecule has 2 heterocycles. The Bertz CT molecular complexity index is 706. The van der Waals surface area contributed by atoms with Crippen LogP contribution >= 0.6 is 11.3 Å². The molecular weight excluding hydrogens is 339 g/mol. The molecule has 0 aliphatic carbocycles. The molecule has 1 amide bonds. The Hall–Kier alpha value is -1.93. The molecule has 128 valence electrons. The number of hydrogen-bond donors (Lipinski definition) is 2. The summed E-state index contributed by atoms with van der Waals surface area (Å²) in [7, 11) is 0. The van der Waals surface area contributed by atoms with Crippen molar-refractivity contribution in [2.24, 2.45) is 5.92 Å². The lowest BCUT2D eigenvalue weighted by molar-refractivity contribution is -0.137. The van der Waals surface area contributed by atoms with E-state index in [2.05, 4.69) is 15.6 Å². The van der Waals surface area contributed by atoms with Gasteiger partial charge in [-0.1, -0.05) is 12.1 Å². The molecule has 1 atom stereocenters. The Balaban J connectivity index is 1.60. The second-order valence-electron chi connectivity index (χ2n) is 5.68. The molecule has 1 aromatic carbocycles. The number of rotatable bonds is 4. The first-order chi connectivity index (χ1) is 11.4. The van der Waals surface area contributed by atoms with E-state index in [-0.39, 0.29) is 11.8 Å². The molecule has 1 aliphatic rings. The van der Waals surface area contributed by atoms with E-state index in [4.69, 9.17) is 0 Å². The van der Waals surface area contributed by atoms with Gasteiger partial charge in [-0.25, -0.2) is 4.98 Å². The number of nitrogens with zero attached hydrogens (tertiary/aromatic N) is 1. The van der Waals surface area contributed by atoms with Crippen LogP contribution in [0.1, 0.15) is 22.4 Å². The van der Waals surface area contributed by atoms with Crippen molar-refractivity contribution < 1.29 is 18.0 Å². The van der Waals surface area contributed by atoms with Crippen molar-refractivity contribution in [2.45, 2.75) is 19.0 Å². The number of alkyl halides is 3. The zero-order chi connectivity index (χ0) is 17.2. The minimum atomic E-state index is -4.32. The minimum Gasteiger partial charge on any atom is -0.316 e. The first-order valence-electron chi connectivity index (χ1n) is 7.54. The fourth-order valence-electron chi connectivity index (χ4n) is 2.55. The van der Waals surface area contributed by atoms with Gasteiger partial charge >= 0.3 is 6.18 Å². The molecule has 1 aromatic heterocycles. The molecule has 0 bridgehead atoms. The van der Waals surface area contributed by atoms with Crippen LogP contribution in [0.15, 0.2) is 30.5 Å². The second-order valence-corrected chi connectivity index (χ2v) is 6.80. The number of benzene rings is 1. The third-order valence-electron chi connectivity index (χ3n) is 3.87. The lowest BCUT2D eigenvalue weighted by atomic mass is 10.1. The van der Waals surface area contributed by atoms with E-state index in [1.807, 2.05) is 0 Å². The Morgan fingerprint density at radius 3 is 2.71 bits per heavy atom. The first-order valence-corrected chi connectivity index (χ1v) is 8.36. The third-order valence-corrected chi connectivity index (χ3v) is 4.79. The molecule has 0 spiro atoms. The summed E-state index contributed by atoms with van der Waals surface area (Å²) < 4.78 is 37.6. The molecule has 2 N–H and O–H groups in total. The fraction of sp³-hybridized carbons (Fsp3) is 0.375. The summed E-state index contributed by atoms with van der Waals surface area (Å²) in [5.74, 6) is -0.0808. The van der Waals surface area contributed by atoms with Gasteiger partial charge in [0.1, 0.15) is 0 Å². The van der Waals surface area contributed by atoms with Gasteiger partial charge in [-0.3, -0.25) is 4.79 Å². The number of carbonyl (C=O) groups is 1. The monoisotopic (exact) mass is 355 g/mol. The molecule has 1 aliphatic heterocycles. The average molecular weight is 355 g/mol. The molecular formula is C16H16F3N3OS. The van der Waals surface area contributed by atoms with E-state index in [9.17, 15) is 18.0 Å². The van der Waals surface area contributed by atoms with Gasteiger partial charge in [-0.2, -0.15) is 13.2 Å². The third kappa shape index (κ3) is 4.12. The molecule has 0 saturated carbocycles. The van der Waals surface area contributed by atoms with Crippen molar-refractivity contribution in [3.05, 3.63) is 46.5 Å². The number of hydrogen-bond acceptors (Lipinski definition) is 4. The van der Waals surface area contributed by atoms with Crippen LogP contribution in [0.4, 0.5) is 18.3 Å². The maximum Gasteiger partial charge on any atom is 0.416 e. The lowest BCUT2D eigenvalue weighted by Crippen LogP contribution is -2.24. The van der Waals surface area contributed by atoms with Crippen LogP contribution in [-0.2, 0) is 17.4 Å². The molecule has 1 saturated heterocycles. The zero-order valence-electron chi connectivity index (χ0n) is 12.7. The Morgan fingerprint density at radius 2 is 2.08 bits per heavy atom. The topological polar surface area (TPSA) is 54.0 Å². The van der Waals surface area contributed by atoms with E-state index >= 15 is 0 Å². The van der Waals surface area contributed by atoms with Crippen LogP contribution in [-0.4, -0.2) is 24.0 Å². The van der Waals surface area contributed by atoms with E-state index in [1.54, 1.807) is 6.20 Å². The van der Waals surface area contributed by atoms with Crippen LogP contribution in [0.5, 0.6) is 0 Å². The summed E-state index contributed by atoms with van der Waals surface area (Å²) in [4.78, 5) is 17.1. The number of aromatic nitrogens is 1. The van der Waals surface area contributed by atoms with E-state index < -0.39 is 11.7 Å². The Morgan fingerprint density at radius 1 is 1.33 bits per heavy atom. The maximum absolute atomic E-state index is 12.5. The number of halogens is 3. The lowest BCUT2D eigenvalue weighted by Gasteiger charge is -2.07. The van der Waals surface area contributed by atoms with Crippen molar-refractivity contribution in [1.82, 2.24) is 10.3 Å². The molecule has 0 unspecified atom stereocenters. The molecule has 1 fully saturated rings. The SMILES string of the molecule is O=C(Nc1ncc(Cc2ccc(C(F)(F)F)cc2)s1)[C@@H]1CCNC1. The summed E-state index contributed by atoms with van der Waals surface area (Å²) in [5.41, 5.74) is 0.109. The summed E-state index contributed by atoms with van der Waals surface area (Å²) in [5, 5.41) is 6.45. The number of thiazole rings is 1.